The van der Waals surface area contributed by atoms with Crippen molar-refractivity contribution in [2.24, 2.45) is 5.14 Å². The summed E-state index contributed by atoms with van der Waals surface area (Å²) in [6.07, 6.45) is 4.64. The predicted molar refractivity (Wildman–Crippen MR) is 73.5 cm³/mol. The van der Waals surface area contributed by atoms with Gasteiger partial charge >= 0.3 is 0 Å². The normalized spacial score (nSPS) is 24.1. The van der Waals surface area contributed by atoms with Gasteiger partial charge in [0.2, 0.25) is 10.0 Å². The van der Waals surface area contributed by atoms with Crippen LogP contribution in [0.3, 0.4) is 0 Å². The summed E-state index contributed by atoms with van der Waals surface area (Å²) in [4.78, 5) is 0.105. The molecule has 0 spiro atoms. The van der Waals surface area contributed by atoms with Gasteiger partial charge in [-0.15, -0.1) is 0 Å². The lowest BCUT2D eigenvalue weighted by molar-refractivity contribution is 0.118. The van der Waals surface area contributed by atoms with Crippen molar-refractivity contribution in [2.75, 3.05) is 7.05 Å². The molecule has 1 aliphatic carbocycles. The molecule has 1 fully saturated rings. The Labute approximate surface area is 114 Å². The summed E-state index contributed by atoms with van der Waals surface area (Å²) in [6, 6.07) is 6.61. The van der Waals surface area contributed by atoms with Gasteiger partial charge in [0.15, 0.2) is 0 Å². The molecule has 0 saturated heterocycles. The molecule has 1 aliphatic rings. The van der Waals surface area contributed by atoms with Crippen LogP contribution >= 0.6 is 0 Å². The fourth-order valence-corrected chi connectivity index (χ4v) is 2.97. The Hall–Kier alpha value is -1.11. The third kappa shape index (κ3) is 3.68. The molecule has 1 saturated carbocycles. The van der Waals surface area contributed by atoms with E-state index in [1.807, 2.05) is 7.05 Å². The van der Waals surface area contributed by atoms with Gasteiger partial charge in [0.1, 0.15) is 11.9 Å². The summed E-state index contributed by atoms with van der Waals surface area (Å²) in [5.74, 6) is 0.680. The summed E-state index contributed by atoms with van der Waals surface area (Å²) in [6.45, 7) is 0. The van der Waals surface area contributed by atoms with Crippen LogP contribution in [0.15, 0.2) is 29.2 Å². The Morgan fingerprint density at radius 1 is 1.21 bits per heavy atom. The minimum atomic E-state index is -3.64. The first-order chi connectivity index (χ1) is 9.00. The smallest absolute Gasteiger partial charge is 0.238 e. The maximum Gasteiger partial charge on any atom is 0.238 e. The molecule has 106 valence electrons. The summed E-state index contributed by atoms with van der Waals surface area (Å²) >= 11 is 0. The highest BCUT2D eigenvalue weighted by molar-refractivity contribution is 7.89. The van der Waals surface area contributed by atoms with Crippen LogP contribution in [0, 0.1) is 0 Å². The molecule has 1 aromatic carbocycles. The van der Waals surface area contributed by atoms with E-state index in [9.17, 15) is 8.42 Å². The van der Waals surface area contributed by atoms with Crippen LogP contribution in [0.5, 0.6) is 5.75 Å². The number of primary sulfonamides is 1. The van der Waals surface area contributed by atoms with Gasteiger partial charge in [-0.2, -0.15) is 0 Å². The van der Waals surface area contributed by atoms with Crippen LogP contribution in [0.4, 0.5) is 0 Å². The van der Waals surface area contributed by atoms with Crippen LogP contribution < -0.4 is 15.2 Å². The number of ether oxygens (including phenoxy) is 1. The van der Waals surface area contributed by atoms with Crippen molar-refractivity contribution in [3.05, 3.63) is 24.3 Å². The second-order valence-corrected chi connectivity index (χ2v) is 6.41. The molecular weight excluding hydrogens is 264 g/mol. The molecule has 0 amide bonds. The maximum absolute atomic E-state index is 11.2. The van der Waals surface area contributed by atoms with E-state index < -0.39 is 10.0 Å². The van der Waals surface area contributed by atoms with E-state index in [0.29, 0.717) is 11.8 Å². The second kappa shape index (κ2) is 5.90. The zero-order valence-electron chi connectivity index (χ0n) is 11.0. The molecule has 1 aromatic rings. The number of hydrogen-bond acceptors (Lipinski definition) is 4. The van der Waals surface area contributed by atoms with Crippen molar-refractivity contribution in [1.29, 1.82) is 0 Å². The minimum absolute atomic E-state index is 0.105. The van der Waals surface area contributed by atoms with Gasteiger partial charge in [0.25, 0.3) is 0 Å². The van der Waals surface area contributed by atoms with Crippen LogP contribution in [-0.4, -0.2) is 27.6 Å². The van der Waals surface area contributed by atoms with Gasteiger partial charge in [-0.05, 0) is 50.6 Å². The molecule has 5 nitrogen and oxygen atoms in total. The zero-order valence-corrected chi connectivity index (χ0v) is 11.8. The largest absolute Gasteiger partial charge is 0.489 e. The van der Waals surface area contributed by atoms with E-state index in [4.69, 9.17) is 9.88 Å². The quantitative estimate of drug-likeness (QED) is 0.871. The lowest BCUT2D eigenvalue weighted by Crippen LogP contribution is -2.43. The van der Waals surface area contributed by atoms with Gasteiger partial charge in [-0.25, -0.2) is 13.6 Å². The van der Waals surface area contributed by atoms with E-state index >= 15 is 0 Å². The van der Waals surface area contributed by atoms with Gasteiger partial charge in [-0.3, -0.25) is 0 Å². The highest BCUT2D eigenvalue weighted by atomic mass is 32.2. The van der Waals surface area contributed by atoms with Gasteiger partial charge < -0.3 is 10.1 Å². The Kier molecular flexibility index (Phi) is 4.44. The molecule has 2 unspecified atom stereocenters. The molecule has 0 heterocycles. The number of nitrogens with two attached hydrogens (primary N) is 1. The monoisotopic (exact) mass is 284 g/mol. The van der Waals surface area contributed by atoms with Crippen molar-refractivity contribution in [2.45, 2.75) is 42.7 Å². The summed E-state index contributed by atoms with van der Waals surface area (Å²) in [5.41, 5.74) is 0. The maximum atomic E-state index is 11.2. The summed E-state index contributed by atoms with van der Waals surface area (Å²) in [5, 5.41) is 8.33. The third-order valence-corrected chi connectivity index (χ3v) is 4.44. The average Bonchev–Trinajstić information content (AvgIpc) is 2.39. The number of rotatable bonds is 4. The second-order valence-electron chi connectivity index (χ2n) is 4.85. The van der Waals surface area contributed by atoms with Gasteiger partial charge in [0, 0.05) is 6.04 Å². The molecule has 0 aromatic heterocycles. The number of benzene rings is 1. The molecule has 0 radical (unpaired) electrons. The lowest BCUT2D eigenvalue weighted by Gasteiger charge is -2.31. The lowest BCUT2D eigenvalue weighted by atomic mass is 9.92. The molecular formula is C13H20N2O3S. The van der Waals surface area contributed by atoms with Gasteiger partial charge in [-0.1, -0.05) is 6.42 Å². The minimum Gasteiger partial charge on any atom is -0.489 e. The molecule has 0 aliphatic heterocycles. The van der Waals surface area contributed by atoms with Crippen LogP contribution in [0.1, 0.15) is 25.7 Å². The fraction of sp³-hybridized carbons (Fsp3) is 0.538. The SMILES string of the molecule is CNC1CCCCC1Oc1ccc(S(N)(=O)=O)cc1. The third-order valence-electron chi connectivity index (χ3n) is 3.51. The van der Waals surface area contributed by atoms with E-state index in [1.54, 1.807) is 12.1 Å². The molecule has 3 N–H and O–H groups in total. The van der Waals surface area contributed by atoms with Crippen LogP contribution in [0.25, 0.3) is 0 Å². The number of likely N-dealkylation sites (N-methyl/N-ethyl adjacent to an activating group) is 1. The van der Waals surface area contributed by atoms with Crippen LogP contribution in [-0.2, 0) is 10.0 Å². The van der Waals surface area contributed by atoms with E-state index in [0.717, 1.165) is 19.3 Å². The highest BCUT2D eigenvalue weighted by Crippen LogP contribution is 2.24. The highest BCUT2D eigenvalue weighted by Gasteiger charge is 2.25. The number of hydrogen-bond donors (Lipinski definition) is 2. The molecule has 0 bridgehead atoms. The van der Waals surface area contributed by atoms with Crippen molar-refractivity contribution < 1.29 is 13.2 Å². The van der Waals surface area contributed by atoms with Crippen molar-refractivity contribution in [1.82, 2.24) is 5.32 Å². The fourth-order valence-electron chi connectivity index (χ4n) is 2.45. The van der Waals surface area contributed by atoms with Crippen LogP contribution in [0.2, 0.25) is 0 Å². The summed E-state index contributed by atoms with van der Waals surface area (Å²) in [7, 11) is -1.70. The Morgan fingerprint density at radius 3 is 2.42 bits per heavy atom. The molecule has 6 heteroatoms. The molecule has 2 atom stereocenters. The van der Waals surface area contributed by atoms with E-state index in [2.05, 4.69) is 5.32 Å². The summed E-state index contributed by atoms with van der Waals surface area (Å²) < 4.78 is 28.2. The Morgan fingerprint density at radius 2 is 1.84 bits per heavy atom. The van der Waals surface area contributed by atoms with Crippen molar-refractivity contribution in [3.63, 3.8) is 0 Å². The van der Waals surface area contributed by atoms with E-state index in [-0.39, 0.29) is 11.0 Å². The first-order valence-corrected chi connectivity index (χ1v) is 8.02. The van der Waals surface area contributed by atoms with E-state index in [1.165, 1.54) is 18.6 Å². The van der Waals surface area contributed by atoms with Crippen molar-refractivity contribution in [3.8, 4) is 5.75 Å². The first-order valence-electron chi connectivity index (χ1n) is 6.47. The number of nitrogens with one attached hydrogen (secondary N) is 1. The molecule has 19 heavy (non-hydrogen) atoms. The molecule has 2 rings (SSSR count). The van der Waals surface area contributed by atoms with Crippen molar-refractivity contribution >= 4 is 10.0 Å². The zero-order chi connectivity index (χ0) is 13.9. The Bertz CT molecular complexity index is 513. The van der Waals surface area contributed by atoms with Gasteiger partial charge in [0.05, 0.1) is 4.90 Å². The topological polar surface area (TPSA) is 81.4 Å². The Balaban J connectivity index is 2.06. The predicted octanol–water partition coefficient (Wildman–Crippen LogP) is 1.24. The number of sulfonamides is 1. The standard InChI is InChI=1S/C13H20N2O3S/c1-15-12-4-2-3-5-13(12)18-10-6-8-11(9-7-10)19(14,16)17/h6-9,12-13,15H,2-5H2,1H3,(H2,14,16,17). The first kappa shape index (κ1) is 14.3. The average molecular weight is 284 g/mol.